The Hall–Kier alpha value is -2.33. The molecule has 2 N–H and O–H groups in total. The number of para-hydroxylation sites is 2. The van der Waals surface area contributed by atoms with Gasteiger partial charge in [-0.25, -0.2) is 0 Å². The number of carbonyl (C=O) groups excluding carboxylic acids is 1. The highest BCUT2D eigenvalue weighted by atomic mass is 16.2. The summed E-state index contributed by atoms with van der Waals surface area (Å²) in [6, 6.07) is 20.6. The fourth-order valence-corrected chi connectivity index (χ4v) is 3.19. The molecule has 1 fully saturated rings. The van der Waals surface area contributed by atoms with E-state index in [9.17, 15) is 4.79 Å². The minimum atomic E-state index is 0.0744. The molecule has 0 saturated carbocycles. The van der Waals surface area contributed by atoms with Gasteiger partial charge in [-0.2, -0.15) is 5.01 Å². The summed E-state index contributed by atoms with van der Waals surface area (Å²) in [4.78, 5) is 12.2. The van der Waals surface area contributed by atoms with Gasteiger partial charge in [0.1, 0.15) is 5.69 Å². The molecule has 1 aliphatic rings. The number of hydrogen-bond donors (Lipinski definition) is 1. The van der Waals surface area contributed by atoms with Crippen molar-refractivity contribution in [3.8, 4) is 0 Å². The van der Waals surface area contributed by atoms with E-state index in [-0.39, 0.29) is 18.1 Å². The van der Waals surface area contributed by atoms with E-state index in [1.54, 1.807) is 6.92 Å². The number of anilines is 1. The third kappa shape index (κ3) is 2.83. The number of hydrogen-bond acceptors (Lipinski definition) is 2. The van der Waals surface area contributed by atoms with Crippen LogP contribution in [0, 0.1) is 0 Å². The van der Waals surface area contributed by atoms with Crippen LogP contribution in [0.3, 0.4) is 0 Å². The maximum atomic E-state index is 12.2. The van der Waals surface area contributed by atoms with Gasteiger partial charge < -0.3 is 0 Å². The van der Waals surface area contributed by atoms with E-state index in [1.165, 1.54) is 0 Å². The lowest BCUT2D eigenvalue weighted by molar-refractivity contribution is -0.628. The molecule has 1 aliphatic heterocycles. The van der Waals surface area contributed by atoms with E-state index in [0.717, 1.165) is 17.8 Å². The average Bonchev–Trinajstić information content (AvgIpc) is 2.85. The standard InChI is InChI=1S/C18H21N3O/c1-14-13-18(19-16-9-5-3-6-10-16)21(15(2)22)20(14)17-11-7-4-8-12-17/h3-12,14,18-19H,13H2,1-2H3/p+1/t14-,18-/m0/s1. The maximum absolute atomic E-state index is 12.2. The number of nitrogens with zero attached hydrogens (tertiary/aromatic N) is 2. The molecular weight excluding hydrogens is 274 g/mol. The van der Waals surface area contributed by atoms with Gasteiger partial charge in [0, 0.05) is 13.3 Å². The van der Waals surface area contributed by atoms with Gasteiger partial charge in [-0.1, -0.05) is 36.4 Å². The number of rotatable bonds is 3. The molecule has 1 amide bonds. The van der Waals surface area contributed by atoms with Gasteiger partial charge in [0.05, 0.1) is 11.7 Å². The molecule has 3 rings (SSSR count). The summed E-state index contributed by atoms with van der Waals surface area (Å²) in [5.74, 6) is 0.0744. The summed E-state index contributed by atoms with van der Waals surface area (Å²) in [7, 11) is 0. The van der Waals surface area contributed by atoms with E-state index in [1.807, 2.05) is 41.4 Å². The quantitative estimate of drug-likeness (QED) is 0.883. The molecule has 2 aromatic rings. The summed E-state index contributed by atoms with van der Waals surface area (Å²) < 4.78 is 0. The Morgan fingerprint density at radius 2 is 1.64 bits per heavy atom. The molecule has 2 atom stereocenters. The van der Waals surface area contributed by atoms with E-state index < -0.39 is 0 Å². The zero-order chi connectivity index (χ0) is 15.5. The van der Waals surface area contributed by atoms with Crippen molar-refractivity contribution >= 4 is 17.3 Å². The van der Waals surface area contributed by atoms with Crippen molar-refractivity contribution in [3.05, 3.63) is 60.7 Å². The van der Waals surface area contributed by atoms with Crippen LogP contribution in [0.15, 0.2) is 60.7 Å². The van der Waals surface area contributed by atoms with Gasteiger partial charge in [-0.15, -0.1) is 0 Å². The molecule has 4 nitrogen and oxygen atoms in total. The number of hydrazine groups is 1. The van der Waals surface area contributed by atoms with Crippen LogP contribution in [0.5, 0.6) is 0 Å². The van der Waals surface area contributed by atoms with E-state index in [4.69, 9.17) is 0 Å². The molecule has 4 heteroatoms. The monoisotopic (exact) mass is 296 g/mol. The maximum Gasteiger partial charge on any atom is 0.242 e. The Morgan fingerprint density at radius 1 is 1.05 bits per heavy atom. The predicted molar refractivity (Wildman–Crippen MR) is 87.3 cm³/mol. The molecule has 114 valence electrons. The molecule has 1 saturated heterocycles. The van der Waals surface area contributed by atoms with Gasteiger partial charge in [-0.05, 0) is 31.2 Å². The number of quaternary nitrogens is 1. The first-order valence-electron chi connectivity index (χ1n) is 7.70. The lowest BCUT2D eigenvalue weighted by atomic mass is 10.2. The van der Waals surface area contributed by atoms with Crippen LogP contribution in [-0.4, -0.2) is 23.1 Å². The van der Waals surface area contributed by atoms with Crippen molar-refractivity contribution in [3.63, 3.8) is 0 Å². The highest BCUT2D eigenvalue weighted by Crippen LogP contribution is 2.28. The first-order chi connectivity index (χ1) is 10.7. The zero-order valence-corrected chi connectivity index (χ0v) is 13.0. The minimum absolute atomic E-state index is 0.0744. The van der Waals surface area contributed by atoms with E-state index in [0.29, 0.717) is 0 Å². The normalized spacial score (nSPS) is 21.2. The van der Waals surface area contributed by atoms with Gasteiger partial charge in [0.15, 0.2) is 6.17 Å². The topological polar surface area (TPSA) is 40.2 Å². The van der Waals surface area contributed by atoms with Crippen molar-refractivity contribution in [1.82, 2.24) is 5.01 Å². The van der Waals surface area contributed by atoms with E-state index >= 15 is 0 Å². The molecule has 0 radical (unpaired) electrons. The SMILES string of the molecule is CC(=O)N1[C@H]([NH2+]c2ccccc2)C[C@H](C)N1c1ccccc1. The van der Waals surface area contributed by atoms with Crippen molar-refractivity contribution in [2.75, 3.05) is 5.01 Å². The predicted octanol–water partition coefficient (Wildman–Crippen LogP) is 2.27. The summed E-state index contributed by atoms with van der Waals surface area (Å²) >= 11 is 0. The molecule has 0 aliphatic carbocycles. The Balaban J connectivity index is 1.88. The Morgan fingerprint density at radius 3 is 2.23 bits per heavy atom. The largest absolute Gasteiger partial charge is 0.293 e. The highest BCUT2D eigenvalue weighted by Gasteiger charge is 2.41. The highest BCUT2D eigenvalue weighted by molar-refractivity contribution is 5.76. The lowest BCUT2D eigenvalue weighted by Crippen LogP contribution is -2.88. The molecule has 1 heterocycles. The number of carbonyl (C=O) groups is 1. The van der Waals surface area contributed by atoms with Crippen molar-refractivity contribution in [1.29, 1.82) is 0 Å². The second kappa shape index (κ2) is 6.20. The Kier molecular flexibility index (Phi) is 4.11. The van der Waals surface area contributed by atoms with Crippen LogP contribution in [0.2, 0.25) is 0 Å². The van der Waals surface area contributed by atoms with Crippen LogP contribution in [0.1, 0.15) is 20.3 Å². The molecule has 2 aromatic carbocycles. The Labute approximate surface area is 131 Å². The van der Waals surface area contributed by atoms with Crippen molar-refractivity contribution < 1.29 is 10.1 Å². The first-order valence-corrected chi connectivity index (χ1v) is 7.70. The molecule has 0 spiro atoms. The van der Waals surface area contributed by atoms with Crippen LogP contribution >= 0.6 is 0 Å². The summed E-state index contributed by atoms with van der Waals surface area (Å²) in [6.07, 6.45) is 1.03. The smallest absolute Gasteiger partial charge is 0.242 e. The van der Waals surface area contributed by atoms with Gasteiger partial charge in [0.2, 0.25) is 5.91 Å². The first kappa shape index (κ1) is 14.6. The summed E-state index contributed by atoms with van der Waals surface area (Å²) in [5, 5.41) is 6.18. The molecular formula is C18H22N3O+. The van der Waals surface area contributed by atoms with E-state index in [2.05, 4.69) is 41.5 Å². The van der Waals surface area contributed by atoms with Crippen molar-refractivity contribution in [2.45, 2.75) is 32.5 Å². The minimum Gasteiger partial charge on any atom is -0.293 e. The fraction of sp³-hybridized carbons (Fsp3) is 0.278. The number of amides is 1. The number of benzene rings is 2. The van der Waals surface area contributed by atoms with Crippen molar-refractivity contribution in [2.24, 2.45) is 0 Å². The molecule has 0 unspecified atom stereocenters. The third-order valence-corrected chi connectivity index (χ3v) is 4.07. The summed E-state index contributed by atoms with van der Waals surface area (Å²) in [5.41, 5.74) is 2.22. The fourth-order valence-electron chi connectivity index (χ4n) is 3.19. The second-order valence-electron chi connectivity index (χ2n) is 5.77. The van der Waals surface area contributed by atoms with Gasteiger partial charge in [0.25, 0.3) is 0 Å². The van der Waals surface area contributed by atoms with Crippen LogP contribution in [-0.2, 0) is 4.79 Å². The lowest BCUT2D eigenvalue weighted by Gasteiger charge is -2.33. The summed E-state index contributed by atoms with van der Waals surface area (Å²) in [6.45, 7) is 3.81. The van der Waals surface area contributed by atoms with Gasteiger partial charge >= 0.3 is 0 Å². The van der Waals surface area contributed by atoms with Crippen LogP contribution in [0.25, 0.3) is 0 Å². The van der Waals surface area contributed by atoms with Crippen LogP contribution in [0.4, 0.5) is 11.4 Å². The number of nitrogens with two attached hydrogens (primary N) is 1. The molecule has 0 aromatic heterocycles. The molecule has 22 heavy (non-hydrogen) atoms. The van der Waals surface area contributed by atoms with Gasteiger partial charge in [-0.3, -0.25) is 15.1 Å². The van der Waals surface area contributed by atoms with Crippen LogP contribution < -0.4 is 10.3 Å². The third-order valence-electron chi connectivity index (χ3n) is 4.07. The zero-order valence-electron chi connectivity index (χ0n) is 13.0. The Bertz CT molecular complexity index is 629. The average molecular weight is 296 g/mol. The molecule has 0 bridgehead atoms. The second-order valence-corrected chi connectivity index (χ2v) is 5.77.